The summed E-state index contributed by atoms with van der Waals surface area (Å²) in [7, 11) is 0. The van der Waals surface area contributed by atoms with Gasteiger partial charge in [-0.3, -0.25) is 4.79 Å². The van der Waals surface area contributed by atoms with E-state index in [-0.39, 0.29) is 36.5 Å². The zero-order valence-corrected chi connectivity index (χ0v) is 15.6. The maximum absolute atomic E-state index is 13.0. The van der Waals surface area contributed by atoms with Crippen LogP contribution in [0, 0.1) is 5.82 Å². The molecular weight excluding hydrogens is 352 g/mol. The number of nitrogens with zero attached hydrogens (tertiary/aromatic N) is 2. The summed E-state index contributed by atoms with van der Waals surface area (Å²) in [5, 5.41) is 3.40. The molecule has 2 saturated heterocycles. The molecule has 0 aromatic heterocycles. The van der Waals surface area contributed by atoms with E-state index >= 15 is 0 Å². The molecule has 1 aromatic carbocycles. The number of nitrogens with one attached hydrogen (secondary N) is 1. The molecule has 136 valence electrons. The summed E-state index contributed by atoms with van der Waals surface area (Å²) < 4.78 is 13.0. The van der Waals surface area contributed by atoms with Gasteiger partial charge in [0.05, 0.1) is 5.54 Å². The molecule has 1 aromatic rings. The second kappa shape index (κ2) is 8.88. The minimum absolute atomic E-state index is 0. The highest BCUT2D eigenvalue weighted by Gasteiger charge is 2.38. The van der Waals surface area contributed by atoms with E-state index in [1.165, 1.54) is 12.1 Å². The highest BCUT2D eigenvalue weighted by atomic mass is 35.5. The van der Waals surface area contributed by atoms with Crippen molar-refractivity contribution in [1.82, 2.24) is 10.2 Å². The van der Waals surface area contributed by atoms with Crippen LogP contribution in [0.4, 0.5) is 10.1 Å². The molecule has 0 spiro atoms. The van der Waals surface area contributed by atoms with Crippen molar-refractivity contribution in [2.45, 2.75) is 31.7 Å². The van der Waals surface area contributed by atoms with Crippen molar-refractivity contribution in [3.8, 4) is 0 Å². The Morgan fingerprint density at radius 1 is 1.08 bits per heavy atom. The van der Waals surface area contributed by atoms with E-state index in [9.17, 15) is 9.18 Å². The first-order valence-electron chi connectivity index (χ1n) is 8.13. The molecule has 0 bridgehead atoms. The largest absolute Gasteiger partial charge is 0.368 e. The van der Waals surface area contributed by atoms with E-state index in [1.54, 1.807) is 12.1 Å². The van der Waals surface area contributed by atoms with Crippen LogP contribution >= 0.6 is 24.8 Å². The number of amides is 1. The Morgan fingerprint density at radius 3 is 2.25 bits per heavy atom. The third kappa shape index (κ3) is 4.52. The minimum Gasteiger partial charge on any atom is -0.368 e. The van der Waals surface area contributed by atoms with Gasteiger partial charge in [0, 0.05) is 31.9 Å². The van der Waals surface area contributed by atoms with Gasteiger partial charge in [-0.25, -0.2) is 4.39 Å². The van der Waals surface area contributed by atoms with E-state index in [2.05, 4.69) is 10.2 Å². The van der Waals surface area contributed by atoms with E-state index < -0.39 is 5.54 Å². The average Bonchev–Trinajstić information content (AvgIpc) is 2.56. The van der Waals surface area contributed by atoms with Crippen LogP contribution in [-0.4, -0.2) is 49.1 Å². The summed E-state index contributed by atoms with van der Waals surface area (Å²) in [6.07, 6.45) is 3.19. The van der Waals surface area contributed by atoms with Crippen molar-refractivity contribution < 1.29 is 9.18 Å². The lowest BCUT2D eigenvalue weighted by atomic mass is 9.89. The van der Waals surface area contributed by atoms with Gasteiger partial charge in [-0.05, 0) is 57.0 Å². The maximum atomic E-state index is 13.0. The van der Waals surface area contributed by atoms with Crippen molar-refractivity contribution in [3.63, 3.8) is 0 Å². The summed E-state index contributed by atoms with van der Waals surface area (Å²) in [4.78, 5) is 16.9. The number of hydrogen-bond donors (Lipinski definition) is 1. The van der Waals surface area contributed by atoms with Crippen LogP contribution in [0.2, 0.25) is 0 Å². The SMILES string of the molecule is CC1(C(=O)N2CCN(c3ccc(F)cc3)CC2)CCCCN1.Cl.Cl. The van der Waals surface area contributed by atoms with Crippen molar-refractivity contribution in [3.05, 3.63) is 30.1 Å². The smallest absolute Gasteiger partial charge is 0.242 e. The van der Waals surface area contributed by atoms with Gasteiger partial charge in [-0.15, -0.1) is 24.8 Å². The van der Waals surface area contributed by atoms with Gasteiger partial charge in [0.2, 0.25) is 5.91 Å². The fourth-order valence-corrected chi connectivity index (χ4v) is 3.41. The number of piperidine rings is 1. The summed E-state index contributed by atoms with van der Waals surface area (Å²) in [6.45, 7) is 6.01. The standard InChI is InChI=1S/C17H24FN3O.2ClH/c1-17(8-2-3-9-19-17)16(22)21-12-10-20(11-13-21)15-6-4-14(18)5-7-15;;/h4-7,19H,2-3,8-13H2,1H3;2*1H. The van der Waals surface area contributed by atoms with Gasteiger partial charge in [-0.1, -0.05) is 0 Å². The van der Waals surface area contributed by atoms with E-state index in [1.807, 2.05) is 11.8 Å². The quantitative estimate of drug-likeness (QED) is 0.860. The van der Waals surface area contributed by atoms with E-state index in [0.717, 1.165) is 57.7 Å². The Kier molecular flexibility index (Phi) is 7.77. The highest BCUT2D eigenvalue weighted by Crippen LogP contribution is 2.23. The fourth-order valence-electron chi connectivity index (χ4n) is 3.41. The lowest BCUT2D eigenvalue weighted by Crippen LogP contribution is -2.61. The molecule has 1 unspecified atom stereocenters. The molecule has 1 atom stereocenters. The Hall–Kier alpha value is -1.04. The number of anilines is 1. The normalized spacial score (nSPS) is 23.9. The molecule has 3 rings (SSSR count). The van der Waals surface area contributed by atoms with Crippen molar-refractivity contribution in [2.24, 2.45) is 0 Å². The third-order valence-electron chi connectivity index (χ3n) is 4.85. The van der Waals surface area contributed by atoms with Gasteiger partial charge >= 0.3 is 0 Å². The maximum Gasteiger partial charge on any atom is 0.242 e. The van der Waals surface area contributed by atoms with Crippen LogP contribution in [0.5, 0.6) is 0 Å². The topological polar surface area (TPSA) is 35.6 Å². The first-order valence-corrected chi connectivity index (χ1v) is 8.13. The molecule has 2 heterocycles. The molecule has 1 amide bonds. The molecule has 2 aliphatic heterocycles. The second-order valence-corrected chi connectivity index (χ2v) is 6.47. The summed E-state index contributed by atoms with van der Waals surface area (Å²) in [5.74, 6) is 0.0137. The number of carbonyl (C=O) groups excluding carboxylic acids is 1. The van der Waals surface area contributed by atoms with Crippen molar-refractivity contribution in [2.75, 3.05) is 37.6 Å². The summed E-state index contributed by atoms with van der Waals surface area (Å²) in [5.41, 5.74) is 0.631. The van der Waals surface area contributed by atoms with E-state index in [4.69, 9.17) is 0 Å². The molecule has 2 fully saturated rings. The van der Waals surface area contributed by atoms with Crippen LogP contribution in [0.15, 0.2) is 24.3 Å². The van der Waals surface area contributed by atoms with Crippen LogP contribution in [0.1, 0.15) is 26.2 Å². The summed E-state index contributed by atoms with van der Waals surface area (Å²) >= 11 is 0. The Morgan fingerprint density at radius 2 is 1.71 bits per heavy atom. The Balaban J connectivity index is 0.00000144. The lowest BCUT2D eigenvalue weighted by Gasteiger charge is -2.42. The zero-order chi connectivity index (χ0) is 15.6. The molecule has 4 nitrogen and oxygen atoms in total. The van der Waals surface area contributed by atoms with Gasteiger partial charge in [-0.2, -0.15) is 0 Å². The molecule has 24 heavy (non-hydrogen) atoms. The predicted molar refractivity (Wildman–Crippen MR) is 99.9 cm³/mol. The van der Waals surface area contributed by atoms with Crippen molar-refractivity contribution in [1.29, 1.82) is 0 Å². The monoisotopic (exact) mass is 377 g/mol. The molecule has 0 radical (unpaired) electrons. The van der Waals surface area contributed by atoms with Gasteiger partial charge < -0.3 is 15.1 Å². The predicted octanol–water partition coefficient (Wildman–Crippen LogP) is 2.85. The first-order chi connectivity index (χ1) is 10.6. The van der Waals surface area contributed by atoms with Crippen molar-refractivity contribution >= 4 is 36.4 Å². The van der Waals surface area contributed by atoms with Crippen LogP contribution in [-0.2, 0) is 4.79 Å². The summed E-state index contributed by atoms with van der Waals surface area (Å²) in [6, 6.07) is 6.58. The van der Waals surface area contributed by atoms with Gasteiger partial charge in [0.15, 0.2) is 0 Å². The molecule has 2 aliphatic rings. The second-order valence-electron chi connectivity index (χ2n) is 6.47. The lowest BCUT2D eigenvalue weighted by molar-refractivity contribution is -0.139. The van der Waals surface area contributed by atoms with E-state index in [0.29, 0.717) is 0 Å². The van der Waals surface area contributed by atoms with Crippen LogP contribution < -0.4 is 10.2 Å². The average molecular weight is 378 g/mol. The molecule has 7 heteroatoms. The minimum atomic E-state index is -0.393. The molecule has 0 saturated carbocycles. The van der Waals surface area contributed by atoms with Crippen LogP contribution in [0.3, 0.4) is 0 Å². The van der Waals surface area contributed by atoms with Gasteiger partial charge in [0.25, 0.3) is 0 Å². The zero-order valence-electron chi connectivity index (χ0n) is 14.0. The number of rotatable bonds is 2. The molecule has 0 aliphatic carbocycles. The third-order valence-corrected chi connectivity index (χ3v) is 4.85. The number of halogens is 3. The Bertz CT molecular complexity index is 527. The van der Waals surface area contributed by atoms with Crippen LogP contribution in [0.25, 0.3) is 0 Å². The molecular formula is C17H26Cl2FN3O. The first kappa shape index (κ1) is 21.0. The highest BCUT2D eigenvalue weighted by molar-refractivity contribution is 5.86. The fraction of sp³-hybridized carbons (Fsp3) is 0.588. The number of hydrogen-bond acceptors (Lipinski definition) is 3. The molecule has 1 N–H and O–H groups in total. The number of piperazine rings is 1. The number of benzene rings is 1. The Labute approximate surface area is 155 Å². The van der Waals surface area contributed by atoms with Gasteiger partial charge in [0.1, 0.15) is 5.82 Å². The number of carbonyl (C=O) groups is 1.